The van der Waals surface area contributed by atoms with E-state index in [1.54, 1.807) is 12.1 Å². The number of carboxylic acid groups (broad SMARTS) is 1. The Bertz CT molecular complexity index is 1240. The summed E-state index contributed by atoms with van der Waals surface area (Å²) in [6.07, 6.45) is 4.25. The van der Waals surface area contributed by atoms with Gasteiger partial charge in [0.05, 0.1) is 12.5 Å². The summed E-state index contributed by atoms with van der Waals surface area (Å²) in [6.45, 7) is 9.02. The summed E-state index contributed by atoms with van der Waals surface area (Å²) >= 11 is 3.49. The quantitative estimate of drug-likeness (QED) is 0.370. The largest absolute Gasteiger partial charge is 0.481 e. The monoisotopic (exact) mass is 595 g/mol. The average Bonchev–Trinajstić information content (AvgIpc) is 3.16. The van der Waals surface area contributed by atoms with Gasteiger partial charge in [0.1, 0.15) is 11.4 Å². The summed E-state index contributed by atoms with van der Waals surface area (Å²) in [6, 6.07) is 14.9. The van der Waals surface area contributed by atoms with Crippen LogP contribution in [-0.4, -0.2) is 45.7 Å². The molecule has 4 rings (SSSR count). The van der Waals surface area contributed by atoms with Crippen LogP contribution in [0.5, 0.6) is 0 Å². The van der Waals surface area contributed by atoms with Crippen molar-refractivity contribution in [3.63, 3.8) is 0 Å². The van der Waals surface area contributed by atoms with E-state index in [1.165, 1.54) is 0 Å². The van der Waals surface area contributed by atoms with Crippen molar-refractivity contribution in [1.29, 1.82) is 0 Å². The van der Waals surface area contributed by atoms with Gasteiger partial charge in [0.15, 0.2) is 0 Å². The molecule has 0 aromatic heterocycles. The van der Waals surface area contributed by atoms with E-state index >= 15 is 0 Å². The van der Waals surface area contributed by atoms with E-state index in [-0.39, 0.29) is 36.2 Å². The van der Waals surface area contributed by atoms with Crippen LogP contribution in [0, 0.1) is 11.3 Å². The maximum Gasteiger partial charge on any atom is 0.305 e. The Morgan fingerprint density at radius 1 is 1.10 bits per heavy atom. The number of rotatable bonds is 8. The summed E-state index contributed by atoms with van der Waals surface area (Å²) in [5.41, 5.74) is 2.37. The highest BCUT2D eigenvalue weighted by Crippen LogP contribution is 2.49. The Balaban J connectivity index is 1.64. The molecule has 1 aliphatic carbocycles. The molecule has 2 amide bonds. The highest BCUT2D eigenvalue weighted by atomic mass is 79.9. The van der Waals surface area contributed by atoms with Gasteiger partial charge >= 0.3 is 5.97 Å². The van der Waals surface area contributed by atoms with Crippen molar-refractivity contribution in [2.75, 3.05) is 6.54 Å². The normalized spacial score (nSPS) is 22.1. The minimum absolute atomic E-state index is 0.0473. The number of aliphatic imine (C=N–C) groups is 1. The molecule has 8 heteroatoms. The molecule has 2 aromatic carbocycles. The first-order chi connectivity index (χ1) is 18.4. The fraction of sp³-hybridized carbons (Fsp3) is 0.484. The van der Waals surface area contributed by atoms with Crippen molar-refractivity contribution in [3.05, 3.63) is 69.7 Å². The molecule has 1 atom stereocenters. The van der Waals surface area contributed by atoms with Crippen LogP contribution in [0.25, 0.3) is 0 Å². The number of carbonyl (C=O) groups is 3. The molecular weight excluding hydrogens is 558 g/mol. The molecule has 1 saturated carbocycles. The highest BCUT2D eigenvalue weighted by molar-refractivity contribution is 9.10. The zero-order valence-electron chi connectivity index (χ0n) is 23.2. The van der Waals surface area contributed by atoms with Gasteiger partial charge in [-0.2, -0.15) is 0 Å². The molecule has 1 spiro atoms. The van der Waals surface area contributed by atoms with Gasteiger partial charge in [-0.1, -0.05) is 67.9 Å². The molecule has 2 N–H and O–H groups in total. The first-order valence-corrected chi connectivity index (χ1v) is 14.5. The van der Waals surface area contributed by atoms with Gasteiger partial charge in [0.2, 0.25) is 0 Å². The predicted molar refractivity (Wildman–Crippen MR) is 156 cm³/mol. The molecule has 7 nitrogen and oxygen atoms in total. The average molecular weight is 597 g/mol. The number of carbonyl (C=O) groups excluding carboxylic acids is 2. The van der Waals surface area contributed by atoms with Gasteiger partial charge in [-0.3, -0.25) is 19.4 Å². The molecule has 0 saturated heterocycles. The van der Waals surface area contributed by atoms with Crippen molar-refractivity contribution in [2.45, 2.75) is 77.9 Å². The highest BCUT2D eigenvalue weighted by Gasteiger charge is 2.52. The number of benzene rings is 2. The third kappa shape index (κ3) is 6.26. The maximum atomic E-state index is 14.1. The molecule has 2 aliphatic rings. The van der Waals surface area contributed by atoms with Crippen molar-refractivity contribution in [1.82, 2.24) is 10.2 Å². The number of amides is 2. The smallest absolute Gasteiger partial charge is 0.305 e. The predicted octanol–water partition coefficient (Wildman–Crippen LogP) is 6.37. The molecule has 208 valence electrons. The third-order valence-corrected chi connectivity index (χ3v) is 8.73. The molecule has 0 radical (unpaired) electrons. The van der Waals surface area contributed by atoms with Crippen LogP contribution in [0.4, 0.5) is 0 Å². The maximum absolute atomic E-state index is 14.1. The number of hydrogen-bond acceptors (Lipinski definition) is 4. The minimum Gasteiger partial charge on any atom is -0.481 e. The summed E-state index contributed by atoms with van der Waals surface area (Å²) < 4.78 is 0.952. The van der Waals surface area contributed by atoms with E-state index in [0.717, 1.165) is 41.3 Å². The van der Waals surface area contributed by atoms with Crippen LogP contribution in [-0.2, 0) is 9.59 Å². The number of nitrogens with one attached hydrogen (secondary N) is 1. The lowest BCUT2D eigenvalue weighted by Crippen LogP contribution is -2.51. The van der Waals surface area contributed by atoms with Gasteiger partial charge in [0.25, 0.3) is 11.8 Å². The zero-order valence-corrected chi connectivity index (χ0v) is 24.8. The molecule has 0 unspecified atom stereocenters. The van der Waals surface area contributed by atoms with Crippen LogP contribution in [0.3, 0.4) is 0 Å². The molecular formula is C31H38BrN3O4. The number of halogens is 1. The molecule has 2 aromatic rings. The Hall–Kier alpha value is -3.00. The van der Waals surface area contributed by atoms with Crippen LogP contribution in [0.2, 0.25) is 0 Å². The van der Waals surface area contributed by atoms with E-state index in [0.29, 0.717) is 23.6 Å². The molecule has 1 heterocycles. The second-order valence-electron chi connectivity index (χ2n) is 11.7. The Morgan fingerprint density at radius 2 is 1.72 bits per heavy atom. The van der Waals surface area contributed by atoms with Crippen LogP contribution < -0.4 is 5.32 Å². The lowest BCUT2D eigenvalue weighted by molar-refractivity contribution is -0.137. The third-order valence-electron chi connectivity index (χ3n) is 8.20. The van der Waals surface area contributed by atoms with Crippen molar-refractivity contribution >= 4 is 39.4 Å². The van der Waals surface area contributed by atoms with Crippen LogP contribution >= 0.6 is 15.9 Å². The lowest BCUT2D eigenvalue weighted by atomic mass is 9.69. The first-order valence-electron chi connectivity index (χ1n) is 13.7. The minimum atomic E-state index is -0.957. The van der Waals surface area contributed by atoms with E-state index in [2.05, 4.69) is 48.9 Å². The number of carboxylic acids is 1. The summed E-state index contributed by atoms with van der Waals surface area (Å²) in [5.74, 6) is -0.743. The van der Waals surface area contributed by atoms with E-state index < -0.39 is 11.6 Å². The Labute approximate surface area is 239 Å². The number of nitrogens with zero attached hydrogens (tertiary/aromatic N) is 2. The zero-order chi connectivity index (χ0) is 28.4. The van der Waals surface area contributed by atoms with Gasteiger partial charge in [-0.05, 0) is 73.3 Å². The molecule has 1 aliphatic heterocycles. The number of hydrogen-bond donors (Lipinski definition) is 2. The van der Waals surface area contributed by atoms with Crippen molar-refractivity contribution in [2.24, 2.45) is 16.3 Å². The summed E-state index contributed by atoms with van der Waals surface area (Å²) in [4.78, 5) is 44.6. The summed E-state index contributed by atoms with van der Waals surface area (Å²) in [7, 11) is 0. The van der Waals surface area contributed by atoms with E-state index in [9.17, 15) is 14.4 Å². The molecule has 0 bridgehead atoms. The van der Waals surface area contributed by atoms with Gasteiger partial charge in [-0.15, -0.1) is 0 Å². The molecule has 1 fully saturated rings. The van der Waals surface area contributed by atoms with Crippen molar-refractivity contribution in [3.8, 4) is 0 Å². The lowest BCUT2D eigenvalue weighted by Gasteiger charge is -2.47. The SMILES string of the molecule is CC[C@H](c1ccc(C(=O)NCCC(=O)O)cc1)N1C(=O)C(c2ccc(Br)cc2)=NC12CCC(C(C)(C)C)CC2. The molecule has 39 heavy (non-hydrogen) atoms. The van der Waals surface area contributed by atoms with E-state index in [4.69, 9.17) is 10.1 Å². The van der Waals surface area contributed by atoms with Crippen molar-refractivity contribution < 1.29 is 19.5 Å². The van der Waals surface area contributed by atoms with Gasteiger partial charge in [0, 0.05) is 22.1 Å². The van der Waals surface area contributed by atoms with Crippen LogP contribution in [0.15, 0.2) is 58.0 Å². The topological polar surface area (TPSA) is 99.1 Å². The summed E-state index contributed by atoms with van der Waals surface area (Å²) in [5, 5.41) is 11.5. The van der Waals surface area contributed by atoms with Gasteiger partial charge < -0.3 is 15.3 Å². The first kappa shape index (κ1) is 29.0. The fourth-order valence-electron chi connectivity index (χ4n) is 5.95. The van der Waals surface area contributed by atoms with Crippen LogP contribution in [0.1, 0.15) is 93.7 Å². The standard InChI is InChI=1S/C31H38BrN3O4/c1-5-25(20-6-8-22(9-7-20)28(38)33-19-16-26(36)37)35-29(39)27(21-10-12-24(32)13-11-21)34-31(35)17-14-23(15-18-31)30(2,3)4/h6-13,23,25H,5,14-19H2,1-4H3,(H,33,38)(H,36,37)/t23?,25-,31?/m1/s1. The van der Waals surface area contributed by atoms with E-state index in [1.807, 2.05) is 41.3 Å². The Morgan fingerprint density at radius 3 is 2.26 bits per heavy atom. The second kappa shape index (κ2) is 11.6. The fourth-order valence-corrected chi connectivity index (χ4v) is 6.21. The Kier molecular flexibility index (Phi) is 8.64. The number of aliphatic carboxylic acids is 1. The second-order valence-corrected chi connectivity index (χ2v) is 12.6. The van der Waals surface area contributed by atoms with Gasteiger partial charge in [-0.25, -0.2) is 0 Å².